The van der Waals surface area contributed by atoms with Crippen LogP contribution in [0.5, 0.6) is 0 Å². The van der Waals surface area contributed by atoms with Crippen LogP contribution in [-0.2, 0) is 10.8 Å². The number of hydrogen-bond donors (Lipinski definition) is 0. The van der Waals surface area contributed by atoms with Gasteiger partial charge in [-0.2, -0.15) is 0 Å². The molecule has 4 aliphatic carbocycles. The van der Waals surface area contributed by atoms with Gasteiger partial charge in [0.15, 0.2) is 0 Å². The summed E-state index contributed by atoms with van der Waals surface area (Å²) in [5.74, 6) is 0.330. The van der Waals surface area contributed by atoms with E-state index in [2.05, 4.69) is 449 Å². The molecule has 0 bridgehead atoms. The smallest absolute Gasteiger partial charge is 0.0622 e. The lowest BCUT2D eigenvalue weighted by Gasteiger charge is -2.27. The van der Waals surface area contributed by atoms with Crippen molar-refractivity contribution in [3.05, 3.63) is 468 Å². The van der Waals surface area contributed by atoms with Crippen LogP contribution in [0.1, 0.15) is 95.2 Å². The molecular weight excluding hydrogens is 1420 g/mol. The molecule has 118 heavy (non-hydrogen) atoms. The largest absolute Gasteiger partial charge is 0.309 e. The van der Waals surface area contributed by atoms with Gasteiger partial charge in [-0.15, -0.1) is 0 Å². The highest BCUT2D eigenvalue weighted by molar-refractivity contribution is 6.17. The molecule has 24 rings (SSSR count). The highest BCUT2D eigenvalue weighted by atomic mass is 15.0. The monoisotopic (exact) mass is 1500 g/mol. The van der Waals surface area contributed by atoms with Crippen LogP contribution in [0, 0.1) is 0 Å². The predicted octanol–water partition coefficient (Wildman–Crippen LogP) is 30.5. The first-order valence-corrected chi connectivity index (χ1v) is 41.6. The molecule has 4 aliphatic rings. The summed E-state index contributed by atoms with van der Waals surface area (Å²) in [5, 5.41) is 5.04. The molecule has 0 N–H and O–H groups in total. The van der Waals surface area contributed by atoms with E-state index in [0.29, 0.717) is 0 Å². The van der Waals surface area contributed by atoms with Crippen LogP contribution >= 0.6 is 0 Å². The van der Waals surface area contributed by atoms with Crippen molar-refractivity contribution in [2.45, 2.75) is 50.4 Å². The van der Waals surface area contributed by atoms with Gasteiger partial charge < -0.3 is 9.13 Å². The summed E-state index contributed by atoms with van der Waals surface area (Å²) in [4.78, 5) is 0. The second kappa shape index (κ2) is 27.1. The summed E-state index contributed by atoms with van der Waals surface area (Å²) >= 11 is 0. The molecule has 2 heterocycles. The van der Waals surface area contributed by atoms with Gasteiger partial charge in [-0.1, -0.05) is 373 Å². The van der Waals surface area contributed by atoms with Crippen LogP contribution < -0.4 is 0 Å². The Balaban J connectivity index is 0.000000138. The predicted molar refractivity (Wildman–Crippen MR) is 495 cm³/mol. The molecule has 0 saturated carbocycles. The maximum absolute atomic E-state index is 2.51. The Morgan fingerprint density at radius 1 is 0.212 bits per heavy atom. The quantitative estimate of drug-likeness (QED) is 0.129. The first kappa shape index (κ1) is 69.1. The fourth-order valence-electron chi connectivity index (χ4n) is 21.0. The van der Waals surface area contributed by atoms with Crippen molar-refractivity contribution >= 4 is 43.6 Å². The Hall–Kier alpha value is -14.4. The Morgan fingerprint density at radius 2 is 0.653 bits per heavy atom. The molecular formula is C116H82N2. The minimum Gasteiger partial charge on any atom is -0.309 e. The maximum atomic E-state index is 2.51. The standard InChI is InChI=1S/C59H42.C57H40N2/c1-59(2)54-23-12-11-21-46(54)51-33-32-50-53-36-43(29-31-49(53)56(57(50)58(51)59)40-26-24-39(25-27-40)37-14-5-3-6-15-37)42-28-30-48-52(35-42)45-20-9-10-22-47(45)55(48)44-19-13-18-41(34-44)38-16-7-4-8-17-38;1-57(2)50-22-11-9-21-47(50)55-51(57)31-30-46-49-36-42(27-33-54(49)59(56(46)55)43-28-24-39(25-29-43)37-14-5-3-6-15-37)41-26-32-53-48(35-41)45-20-10-12-23-52(45)58(53)44-19-13-18-40(34-44)38-16-7-4-8-17-38/h3-36,55-56H,1-2H3;3-36H,1-2H3. The second-order valence-electron chi connectivity index (χ2n) is 33.7. The second-order valence-corrected chi connectivity index (χ2v) is 33.7. The highest BCUT2D eigenvalue weighted by Gasteiger charge is 2.44. The van der Waals surface area contributed by atoms with E-state index in [0.717, 1.165) is 5.69 Å². The molecule has 18 aromatic carbocycles. The van der Waals surface area contributed by atoms with Crippen molar-refractivity contribution < 1.29 is 0 Å². The Morgan fingerprint density at radius 3 is 1.31 bits per heavy atom. The lowest BCUT2D eigenvalue weighted by molar-refractivity contribution is 0.650. The van der Waals surface area contributed by atoms with Gasteiger partial charge in [0.1, 0.15) is 0 Å². The zero-order chi connectivity index (χ0) is 78.5. The van der Waals surface area contributed by atoms with E-state index in [1.807, 2.05) is 0 Å². The molecule has 2 nitrogen and oxygen atoms in total. The zero-order valence-electron chi connectivity index (χ0n) is 66.3. The third-order valence-corrected chi connectivity index (χ3v) is 26.6. The van der Waals surface area contributed by atoms with E-state index in [-0.39, 0.29) is 22.7 Å². The molecule has 0 fully saturated rings. The summed E-state index contributed by atoms with van der Waals surface area (Å²) in [6, 6.07) is 153. The van der Waals surface area contributed by atoms with Crippen LogP contribution in [0.25, 0.3) is 166 Å². The lowest BCUT2D eigenvalue weighted by atomic mass is 9.75. The van der Waals surface area contributed by atoms with Crippen molar-refractivity contribution in [2.75, 3.05) is 0 Å². The average Bonchev–Trinajstić information content (AvgIpc) is 1.54. The minimum absolute atomic E-state index is 0.0960. The van der Waals surface area contributed by atoms with Gasteiger partial charge in [-0.3, -0.25) is 0 Å². The zero-order valence-corrected chi connectivity index (χ0v) is 66.3. The lowest BCUT2D eigenvalue weighted by Crippen LogP contribution is -2.18. The molecule has 0 spiro atoms. The van der Waals surface area contributed by atoms with Crippen LogP contribution in [0.4, 0.5) is 0 Å². The molecule has 20 aromatic rings. The third-order valence-electron chi connectivity index (χ3n) is 26.6. The van der Waals surface area contributed by atoms with Crippen LogP contribution in [0.2, 0.25) is 0 Å². The van der Waals surface area contributed by atoms with Crippen molar-refractivity contribution in [2.24, 2.45) is 0 Å². The molecule has 0 amide bonds. The molecule has 2 aromatic heterocycles. The van der Waals surface area contributed by atoms with Crippen molar-refractivity contribution in [1.29, 1.82) is 0 Å². The minimum atomic E-state index is -0.116. The summed E-state index contributed by atoms with van der Waals surface area (Å²) in [6.45, 7) is 9.59. The molecule has 2 heteroatoms. The van der Waals surface area contributed by atoms with Gasteiger partial charge in [0.25, 0.3) is 0 Å². The first-order valence-electron chi connectivity index (χ1n) is 41.6. The summed E-state index contributed by atoms with van der Waals surface area (Å²) in [7, 11) is 0. The van der Waals surface area contributed by atoms with Crippen LogP contribution in [0.3, 0.4) is 0 Å². The van der Waals surface area contributed by atoms with Crippen molar-refractivity contribution in [1.82, 2.24) is 9.13 Å². The SMILES string of the molecule is CC1(C)c2ccccc2-c2c1ccc1c3cc(-c4ccc5c(c4)c4ccccc4n5-c4cccc(-c5ccccc5)c4)ccc3n(-c3ccc(-c4ccccc4)cc3)c21.CC1(C)c2ccccc2-c2ccc3c(c21)C(c1ccc(-c2ccccc2)cc1)c1ccc(-c2ccc4c(c2)-c2ccccc2C4c2cccc(-c4ccccc4)c2)cc1-3. The Bertz CT molecular complexity index is 7440. The fraction of sp³-hybridized carbons (Fsp3) is 0.0690. The normalized spacial score (nSPS) is 14.6. The van der Waals surface area contributed by atoms with E-state index in [4.69, 9.17) is 0 Å². The summed E-state index contributed by atoms with van der Waals surface area (Å²) in [5.41, 5.74) is 46.6. The van der Waals surface area contributed by atoms with Gasteiger partial charge in [-0.05, 0) is 228 Å². The maximum Gasteiger partial charge on any atom is 0.0622 e. The number of nitrogens with zero attached hydrogens (tertiary/aromatic N) is 2. The van der Waals surface area contributed by atoms with Gasteiger partial charge >= 0.3 is 0 Å². The molecule has 0 saturated heterocycles. The number of para-hydroxylation sites is 1. The van der Waals surface area contributed by atoms with E-state index in [1.54, 1.807) is 0 Å². The Labute approximate surface area is 689 Å². The third kappa shape index (κ3) is 10.9. The van der Waals surface area contributed by atoms with E-state index < -0.39 is 0 Å². The number of hydrogen-bond acceptors (Lipinski definition) is 0. The number of fused-ring (bicyclic) bond motifs is 20. The fourth-order valence-corrected chi connectivity index (χ4v) is 21.0. The molecule has 2 unspecified atom stereocenters. The van der Waals surface area contributed by atoms with E-state index in [9.17, 15) is 0 Å². The summed E-state index contributed by atoms with van der Waals surface area (Å²) in [6.07, 6.45) is 0. The van der Waals surface area contributed by atoms with E-state index >= 15 is 0 Å². The summed E-state index contributed by atoms with van der Waals surface area (Å²) < 4.78 is 4.93. The van der Waals surface area contributed by atoms with Gasteiger partial charge in [0, 0.05) is 61.1 Å². The van der Waals surface area contributed by atoms with Gasteiger partial charge in [-0.25, -0.2) is 0 Å². The first-order chi connectivity index (χ1) is 58.1. The van der Waals surface area contributed by atoms with Crippen LogP contribution in [0.15, 0.2) is 413 Å². The number of rotatable bonds is 10. The average molecular weight is 1500 g/mol. The van der Waals surface area contributed by atoms with Crippen LogP contribution in [-0.4, -0.2) is 9.13 Å². The van der Waals surface area contributed by atoms with Gasteiger partial charge in [0.2, 0.25) is 0 Å². The molecule has 0 aliphatic heterocycles. The van der Waals surface area contributed by atoms with E-state index in [1.165, 1.54) is 216 Å². The molecule has 0 radical (unpaired) electrons. The number of aromatic nitrogens is 2. The Kier molecular flexibility index (Phi) is 15.9. The van der Waals surface area contributed by atoms with Crippen molar-refractivity contribution in [3.8, 4) is 123 Å². The number of benzene rings is 18. The highest BCUT2D eigenvalue weighted by Crippen LogP contribution is 2.60. The van der Waals surface area contributed by atoms with Gasteiger partial charge in [0.05, 0.1) is 22.1 Å². The molecule has 2 atom stereocenters. The topological polar surface area (TPSA) is 9.86 Å². The molecule has 556 valence electrons. The van der Waals surface area contributed by atoms with Crippen molar-refractivity contribution in [3.63, 3.8) is 0 Å².